The highest BCUT2D eigenvalue weighted by Gasteiger charge is 2.23. The lowest BCUT2D eigenvalue weighted by atomic mass is 10.1. The highest BCUT2D eigenvalue weighted by atomic mass is 35.5. The number of hydrogen-bond acceptors (Lipinski definition) is 5. The summed E-state index contributed by atoms with van der Waals surface area (Å²) in [5.41, 5.74) is 3.64. The van der Waals surface area contributed by atoms with Gasteiger partial charge in [-0.1, -0.05) is 23.7 Å². The van der Waals surface area contributed by atoms with Crippen molar-refractivity contribution < 1.29 is 14.3 Å². The zero-order valence-corrected chi connectivity index (χ0v) is 13.7. The molecule has 122 valence electrons. The van der Waals surface area contributed by atoms with Gasteiger partial charge in [-0.15, -0.1) is 0 Å². The number of benzene rings is 1. The van der Waals surface area contributed by atoms with Crippen LogP contribution in [0.2, 0.25) is 0 Å². The molecule has 0 saturated carbocycles. The summed E-state index contributed by atoms with van der Waals surface area (Å²) in [6, 6.07) is 7.10. The summed E-state index contributed by atoms with van der Waals surface area (Å²) in [6.07, 6.45) is 6.58. The number of rotatable bonds is 4. The van der Waals surface area contributed by atoms with Gasteiger partial charge in [0.05, 0.1) is 11.8 Å². The van der Waals surface area contributed by atoms with Crippen LogP contribution in [0.3, 0.4) is 0 Å². The lowest BCUT2D eigenvalue weighted by Crippen LogP contribution is -2.44. The predicted molar refractivity (Wildman–Crippen MR) is 87.7 cm³/mol. The van der Waals surface area contributed by atoms with Crippen molar-refractivity contribution in [2.45, 2.75) is 32.4 Å². The molecule has 2 aliphatic heterocycles. The quantitative estimate of drug-likeness (QED) is 0.854. The maximum absolute atomic E-state index is 11.7. The Bertz CT molecular complexity index is 651. The van der Waals surface area contributed by atoms with Crippen molar-refractivity contribution >= 4 is 17.4 Å². The van der Waals surface area contributed by atoms with Crippen molar-refractivity contribution in [1.29, 1.82) is 0 Å². The minimum atomic E-state index is -0.0534. The summed E-state index contributed by atoms with van der Waals surface area (Å²) in [7, 11) is 0. The van der Waals surface area contributed by atoms with Crippen LogP contribution in [-0.2, 0) is 4.74 Å². The third-order valence-corrected chi connectivity index (χ3v) is 4.07. The van der Waals surface area contributed by atoms with Crippen LogP contribution < -0.4 is 10.2 Å². The van der Waals surface area contributed by atoms with Gasteiger partial charge in [-0.2, -0.15) is 0 Å². The molecule has 0 bridgehead atoms. The van der Waals surface area contributed by atoms with Gasteiger partial charge in [0.2, 0.25) is 0 Å². The van der Waals surface area contributed by atoms with E-state index in [0.29, 0.717) is 22.1 Å². The van der Waals surface area contributed by atoms with Gasteiger partial charge in [-0.05, 0) is 38.3 Å². The highest BCUT2D eigenvalue weighted by molar-refractivity contribution is 6.31. The molecule has 1 aromatic rings. The Balaban J connectivity index is 1.72. The van der Waals surface area contributed by atoms with E-state index in [4.69, 9.17) is 21.1 Å². The van der Waals surface area contributed by atoms with Crippen LogP contribution in [0.5, 0.6) is 5.75 Å². The first-order chi connectivity index (χ1) is 11.1. The van der Waals surface area contributed by atoms with Gasteiger partial charge >= 0.3 is 0 Å². The Kier molecular flexibility index (Phi) is 4.88. The Labute approximate surface area is 140 Å². The lowest BCUT2D eigenvalue weighted by Gasteiger charge is -2.35. The molecule has 1 saturated heterocycles. The number of hydrogen-bond donors (Lipinski definition) is 1. The second kappa shape index (κ2) is 7.06. The molecule has 0 radical (unpaired) electrons. The first-order valence-corrected chi connectivity index (χ1v) is 8.05. The van der Waals surface area contributed by atoms with Gasteiger partial charge in [-0.25, -0.2) is 0 Å². The number of halogens is 1. The number of carbonyl (C=O) groups excluding carboxylic acids is 1. The van der Waals surface area contributed by atoms with Gasteiger partial charge < -0.3 is 9.47 Å². The van der Waals surface area contributed by atoms with Crippen molar-refractivity contribution in [3.63, 3.8) is 0 Å². The lowest BCUT2D eigenvalue weighted by molar-refractivity contribution is -0.0803. The number of ketones is 1. The Morgan fingerprint density at radius 3 is 2.91 bits per heavy atom. The molecule has 0 amide bonds. The van der Waals surface area contributed by atoms with Crippen LogP contribution in [-0.4, -0.2) is 23.6 Å². The molecule has 23 heavy (non-hydrogen) atoms. The van der Waals surface area contributed by atoms with E-state index < -0.39 is 0 Å². The molecule has 3 rings (SSSR count). The molecule has 1 N–H and O–H groups in total. The first-order valence-electron chi connectivity index (χ1n) is 7.67. The number of hydrazine groups is 1. The predicted octanol–water partition coefficient (Wildman–Crippen LogP) is 3.54. The third-order valence-electron chi connectivity index (χ3n) is 3.78. The number of Topliss-reactive ketones (excluding diaryl/α,β-unsaturated/α-hetero) is 1. The molecule has 0 aromatic heterocycles. The SMILES string of the molecule is CC(=O)c1ccccc1OC1=CNN(C2CCCCO2)C=C1Cl. The minimum absolute atomic E-state index is 0.0280. The van der Waals surface area contributed by atoms with E-state index in [0.717, 1.165) is 25.9 Å². The molecule has 6 heteroatoms. The standard InChI is InChI=1S/C17H19ClN2O3/c1-12(21)13-6-2-3-7-15(13)23-16-10-19-20(11-14(16)18)17-8-4-5-9-22-17/h2-3,6-7,10-11,17,19H,4-5,8-9H2,1H3. The summed E-state index contributed by atoms with van der Waals surface area (Å²) in [4.78, 5) is 11.7. The smallest absolute Gasteiger partial charge is 0.165 e. The van der Waals surface area contributed by atoms with Crippen LogP contribution in [0, 0.1) is 0 Å². The van der Waals surface area contributed by atoms with Gasteiger partial charge in [0.1, 0.15) is 17.0 Å². The van der Waals surface area contributed by atoms with Crippen LogP contribution in [0.4, 0.5) is 0 Å². The van der Waals surface area contributed by atoms with Crippen molar-refractivity contribution in [1.82, 2.24) is 10.4 Å². The number of ether oxygens (including phenoxy) is 2. The van der Waals surface area contributed by atoms with Crippen LogP contribution >= 0.6 is 11.6 Å². The van der Waals surface area contributed by atoms with E-state index >= 15 is 0 Å². The number of nitrogens with one attached hydrogen (secondary N) is 1. The zero-order valence-electron chi connectivity index (χ0n) is 12.9. The number of nitrogens with zero attached hydrogens (tertiary/aromatic N) is 1. The normalized spacial score (nSPS) is 21.1. The average molecular weight is 335 g/mol. The number of carbonyl (C=O) groups is 1. The van der Waals surface area contributed by atoms with Crippen LogP contribution in [0.25, 0.3) is 0 Å². The molecule has 1 unspecified atom stereocenters. The van der Waals surface area contributed by atoms with Crippen molar-refractivity contribution in [3.8, 4) is 5.75 Å². The molecule has 2 aliphatic rings. The van der Waals surface area contributed by atoms with Crippen LogP contribution in [0.1, 0.15) is 36.5 Å². The van der Waals surface area contributed by atoms with Gasteiger partial charge in [-0.3, -0.25) is 15.2 Å². The van der Waals surface area contributed by atoms with E-state index in [2.05, 4.69) is 5.43 Å². The molecule has 5 nitrogen and oxygen atoms in total. The number of allylic oxidation sites excluding steroid dienone is 1. The Morgan fingerprint density at radius 1 is 1.39 bits per heavy atom. The summed E-state index contributed by atoms with van der Waals surface area (Å²) < 4.78 is 11.5. The van der Waals surface area contributed by atoms with Gasteiger partial charge in [0, 0.05) is 12.8 Å². The van der Waals surface area contributed by atoms with E-state index in [-0.39, 0.29) is 12.0 Å². The van der Waals surface area contributed by atoms with Gasteiger partial charge in [0.15, 0.2) is 11.5 Å². The van der Waals surface area contributed by atoms with E-state index in [1.165, 1.54) is 6.92 Å². The third kappa shape index (κ3) is 3.68. The molecular weight excluding hydrogens is 316 g/mol. The van der Waals surface area contributed by atoms with Gasteiger partial charge in [0.25, 0.3) is 0 Å². The molecule has 2 heterocycles. The second-order valence-electron chi connectivity index (χ2n) is 5.50. The summed E-state index contributed by atoms with van der Waals surface area (Å²) in [5.74, 6) is 0.900. The maximum atomic E-state index is 11.7. The minimum Gasteiger partial charge on any atom is -0.453 e. The summed E-state index contributed by atoms with van der Waals surface area (Å²) in [6.45, 7) is 2.27. The van der Waals surface area contributed by atoms with Crippen molar-refractivity contribution in [2.75, 3.05) is 6.61 Å². The molecule has 0 spiro atoms. The van der Waals surface area contributed by atoms with E-state index in [1.54, 1.807) is 30.6 Å². The summed E-state index contributed by atoms with van der Waals surface area (Å²) in [5, 5.41) is 2.29. The fourth-order valence-corrected chi connectivity index (χ4v) is 2.78. The Morgan fingerprint density at radius 2 is 2.22 bits per heavy atom. The van der Waals surface area contributed by atoms with E-state index in [1.807, 2.05) is 11.1 Å². The molecule has 1 fully saturated rings. The first kappa shape index (κ1) is 15.9. The highest BCUT2D eigenvalue weighted by Crippen LogP contribution is 2.28. The van der Waals surface area contributed by atoms with Crippen LogP contribution in [0.15, 0.2) is 47.5 Å². The molecule has 1 atom stereocenters. The maximum Gasteiger partial charge on any atom is 0.165 e. The molecule has 1 aromatic carbocycles. The fraction of sp³-hybridized carbons (Fsp3) is 0.353. The van der Waals surface area contributed by atoms with E-state index in [9.17, 15) is 4.79 Å². The topological polar surface area (TPSA) is 50.8 Å². The molecular formula is C17H19ClN2O3. The second-order valence-corrected chi connectivity index (χ2v) is 5.90. The zero-order chi connectivity index (χ0) is 16.2. The average Bonchev–Trinajstić information content (AvgIpc) is 2.58. The number of para-hydroxylation sites is 1. The molecule has 0 aliphatic carbocycles. The monoisotopic (exact) mass is 334 g/mol. The fourth-order valence-electron chi connectivity index (χ4n) is 2.58. The van der Waals surface area contributed by atoms with Crippen molar-refractivity contribution in [2.24, 2.45) is 0 Å². The summed E-state index contributed by atoms with van der Waals surface area (Å²) >= 11 is 6.32. The largest absolute Gasteiger partial charge is 0.453 e. The Hall–Kier alpha value is -1.98. The van der Waals surface area contributed by atoms with Crippen molar-refractivity contribution in [3.05, 3.63) is 53.0 Å².